The Balaban J connectivity index is 1.88. The summed E-state index contributed by atoms with van der Waals surface area (Å²) in [6, 6.07) is 11.3. The standard InChI is InChI=1S/C23H25NO3/c1-26-22-10-19-17-8-14(13-25)5-6-16(17)18-9-15-4-3-7-24(15)12-21(18)20(19)11-23(22)27-2/h5-6,8,10-11,15,25H,3-4,7,9,12-13H2,1-2H3/t15-/m0/s1. The molecule has 1 fully saturated rings. The van der Waals surface area contributed by atoms with Gasteiger partial charge in [0.25, 0.3) is 0 Å². The Bertz CT molecular complexity index is 1040. The fraction of sp³-hybridized carbons (Fsp3) is 0.391. The Morgan fingerprint density at radius 1 is 0.963 bits per heavy atom. The predicted molar refractivity (Wildman–Crippen MR) is 108 cm³/mol. The number of hydrogen-bond donors (Lipinski definition) is 1. The van der Waals surface area contributed by atoms with Crippen molar-refractivity contribution in [3.63, 3.8) is 0 Å². The summed E-state index contributed by atoms with van der Waals surface area (Å²) in [5.41, 5.74) is 3.84. The van der Waals surface area contributed by atoms with Gasteiger partial charge in [0.2, 0.25) is 0 Å². The lowest BCUT2D eigenvalue weighted by Crippen LogP contribution is -2.35. The number of hydrogen-bond acceptors (Lipinski definition) is 4. The first-order valence-corrected chi connectivity index (χ1v) is 9.70. The zero-order chi connectivity index (χ0) is 18.5. The zero-order valence-corrected chi connectivity index (χ0v) is 15.9. The van der Waals surface area contributed by atoms with Gasteiger partial charge < -0.3 is 14.6 Å². The molecule has 27 heavy (non-hydrogen) atoms. The third-order valence-electron chi connectivity index (χ3n) is 6.39. The summed E-state index contributed by atoms with van der Waals surface area (Å²) in [7, 11) is 3.37. The molecule has 0 aliphatic carbocycles. The topological polar surface area (TPSA) is 41.9 Å². The molecule has 0 unspecified atom stereocenters. The van der Waals surface area contributed by atoms with Gasteiger partial charge in [0, 0.05) is 12.6 Å². The first kappa shape index (κ1) is 16.8. The molecule has 3 aromatic rings. The average Bonchev–Trinajstić information content (AvgIpc) is 3.18. The number of benzene rings is 3. The van der Waals surface area contributed by atoms with Crippen LogP contribution in [0.4, 0.5) is 0 Å². The third-order valence-corrected chi connectivity index (χ3v) is 6.39. The van der Waals surface area contributed by atoms with E-state index in [9.17, 15) is 5.11 Å². The van der Waals surface area contributed by atoms with Crippen molar-refractivity contribution >= 4 is 21.5 Å². The molecule has 1 saturated heterocycles. The van der Waals surface area contributed by atoms with E-state index in [1.807, 2.05) is 0 Å². The molecule has 2 aliphatic heterocycles. The smallest absolute Gasteiger partial charge is 0.161 e. The van der Waals surface area contributed by atoms with E-state index in [-0.39, 0.29) is 6.61 Å². The lowest BCUT2D eigenvalue weighted by molar-refractivity contribution is 0.229. The summed E-state index contributed by atoms with van der Waals surface area (Å²) in [6.45, 7) is 2.25. The van der Waals surface area contributed by atoms with Crippen LogP contribution in [-0.4, -0.2) is 36.8 Å². The minimum atomic E-state index is 0.0538. The van der Waals surface area contributed by atoms with E-state index in [4.69, 9.17) is 9.47 Å². The van der Waals surface area contributed by atoms with Gasteiger partial charge in [-0.3, -0.25) is 4.90 Å². The van der Waals surface area contributed by atoms with Crippen LogP contribution in [0.25, 0.3) is 21.5 Å². The fourth-order valence-corrected chi connectivity index (χ4v) is 5.04. The molecular weight excluding hydrogens is 338 g/mol. The largest absolute Gasteiger partial charge is 0.493 e. The molecule has 4 heteroatoms. The van der Waals surface area contributed by atoms with Crippen LogP contribution in [0.15, 0.2) is 30.3 Å². The molecule has 4 nitrogen and oxygen atoms in total. The number of rotatable bonds is 3. The third kappa shape index (κ3) is 2.51. The van der Waals surface area contributed by atoms with Crippen LogP contribution in [0, 0.1) is 0 Å². The van der Waals surface area contributed by atoms with Crippen molar-refractivity contribution in [1.29, 1.82) is 0 Å². The van der Waals surface area contributed by atoms with Crippen LogP contribution in [0.1, 0.15) is 29.5 Å². The number of fused-ring (bicyclic) bond motifs is 7. The number of aliphatic hydroxyl groups is 1. The van der Waals surface area contributed by atoms with Crippen molar-refractivity contribution in [3.05, 3.63) is 47.0 Å². The zero-order valence-electron chi connectivity index (χ0n) is 15.9. The molecule has 0 amide bonds. The summed E-state index contributed by atoms with van der Waals surface area (Å²) in [5, 5.41) is 14.6. The second-order valence-electron chi connectivity index (χ2n) is 7.72. The summed E-state index contributed by atoms with van der Waals surface area (Å²) in [4.78, 5) is 2.63. The lowest BCUT2D eigenvalue weighted by atomic mass is 9.85. The van der Waals surface area contributed by atoms with Crippen LogP contribution in [0.5, 0.6) is 11.5 Å². The first-order valence-electron chi connectivity index (χ1n) is 9.70. The van der Waals surface area contributed by atoms with Crippen molar-refractivity contribution in [3.8, 4) is 11.5 Å². The average molecular weight is 363 g/mol. The normalized spacial score (nSPS) is 19.3. The molecule has 0 aromatic heterocycles. The Kier molecular flexibility index (Phi) is 3.99. The van der Waals surface area contributed by atoms with Crippen LogP contribution < -0.4 is 9.47 Å². The van der Waals surface area contributed by atoms with Crippen molar-refractivity contribution in [2.45, 2.75) is 38.5 Å². The minimum Gasteiger partial charge on any atom is -0.493 e. The Hall–Kier alpha value is -2.30. The summed E-state index contributed by atoms with van der Waals surface area (Å²) < 4.78 is 11.2. The molecule has 2 heterocycles. The molecular formula is C23H25NO3. The van der Waals surface area contributed by atoms with Gasteiger partial charge in [-0.2, -0.15) is 0 Å². The van der Waals surface area contributed by atoms with Crippen LogP contribution in [0.2, 0.25) is 0 Å². The van der Waals surface area contributed by atoms with E-state index in [1.54, 1.807) is 14.2 Å². The van der Waals surface area contributed by atoms with Crippen molar-refractivity contribution < 1.29 is 14.6 Å². The van der Waals surface area contributed by atoms with Gasteiger partial charge in [-0.05, 0) is 82.2 Å². The summed E-state index contributed by atoms with van der Waals surface area (Å²) in [6.07, 6.45) is 3.69. The first-order chi connectivity index (χ1) is 13.2. The van der Waals surface area contributed by atoms with Crippen molar-refractivity contribution in [2.75, 3.05) is 20.8 Å². The second-order valence-corrected chi connectivity index (χ2v) is 7.72. The van der Waals surface area contributed by atoms with Gasteiger partial charge in [0.1, 0.15) is 0 Å². The molecule has 2 aliphatic rings. The van der Waals surface area contributed by atoms with Gasteiger partial charge in [0.15, 0.2) is 11.5 Å². The highest BCUT2D eigenvalue weighted by molar-refractivity contribution is 6.12. The second kappa shape index (κ2) is 6.39. The Labute approximate surface area is 159 Å². The molecule has 0 radical (unpaired) electrons. The SMILES string of the molecule is COc1cc2c3c(c4ccc(CO)cc4c2cc1OC)C[C@@H]1CCCN1C3. The summed E-state index contributed by atoms with van der Waals surface area (Å²) >= 11 is 0. The van der Waals surface area contributed by atoms with Crippen molar-refractivity contribution in [2.24, 2.45) is 0 Å². The number of ether oxygens (including phenoxy) is 2. The molecule has 1 atom stereocenters. The van der Waals surface area contributed by atoms with Gasteiger partial charge in [-0.15, -0.1) is 0 Å². The minimum absolute atomic E-state index is 0.0538. The maximum Gasteiger partial charge on any atom is 0.161 e. The van der Waals surface area contributed by atoms with E-state index < -0.39 is 0 Å². The van der Waals surface area contributed by atoms with E-state index in [2.05, 4.69) is 35.2 Å². The summed E-state index contributed by atoms with van der Waals surface area (Å²) in [5.74, 6) is 1.52. The van der Waals surface area contributed by atoms with Crippen LogP contribution >= 0.6 is 0 Å². The lowest BCUT2D eigenvalue weighted by Gasteiger charge is -2.33. The van der Waals surface area contributed by atoms with E-state index in [0.29, 0.717) is 6.04 Å². The van der Waals surface area contributed by atoms with Gasteiger partial charge in [-0.25, -0.2) is 0 Å². The Morgan fingerprint density at radius 2 is 1.70 bits per heavy atom. The van der Waals surface area contributed by atoms with Gasteiger partial charge in [-0.1, -0.05) is 12.1 Å². The molecule has 0 bridgehead atoms. The molecule has 5 rings (SSSR count). The molecule has 1 N–H and O–H groups in total. The number of nitrogens with zero attached hydrogens (tertiary/aromatic N) is 1. The highest BCUT2D eigenvalue weighted by Gasteiger charge is 2.32. The molecule has 140 valence electrons. The van der Waals surface area contributed by atoms with Gasteiger partial charge >= 0.3 is 0 Å². The predicted octanol–water partition coefficient (Wildman–Crippen LogP) is 4.02. The van der Waals surface area contributed by atoms with Crippen molar-refractivity contribution in [1.82, 2.24) is 4.90 Å². The van der Waals surface area contributed by atoms with Crippen LogP contribution in [0.3, 0.4) is 0 Å². The molecule has 0 saturated carbocycles. The Morgan fingerprint density at radius 3 is 2.44 bits per heavy atom. The van der Waals surface area contributed by atoms with E-state index in [0.717, 1.165) is 30.0 Å². The highest BCUT2D eigenvalue weighted by Crippen LogP contribution is 2.43. The number of methoxy groups -OCH3 is 2. The number of aliphatic hydroxyl groups excluding tert-OH is 1. The monoisotopic (exact) mass is 363 g/mol. The van der Waals surface area contributed by atoms with Crippen LogP contribution in [-0.2, 0) is 19.6 Å². The molecule has 3 aromatic carbocycles. The van der Waals surface area contributed by atoms with E-state index in [1.165, 1.54) is 52.1 Å². The maximum atomic E-state index is 9.66. The van der Waals surface area contributed by atoms with Gasteiger partial charge in [0.05, 0.1) is 20.8 Å². The van der Waals surface area contributed by atoms with E-state index >= 15 is 0 Å². The quantitative estimate of drug-likeness (QED) is 0.714. The molecule has 0 spiro atoms. The maximum absolute atomic E-state index is 9.66. The highest BCUT2D eigenvalue weighted by atomic mass is 16.5. The fourth-order valence-electron chi connectivity index (χ4n) is 5.04.